The van der Waals surface area contributed by atoms with Crippen LogP contribution in [-0.2, 0) is 0 Å². The van der Waals surface area contributed by atoms with Crippen molar-refractivity contribution in [3.8, 4) is 0 Å². The van der Waals surface area contributed by atoms with E-state index in [2.05, 4.69) is 13.8 Å². The molecule has 0 aliphatic carbocycles. The van der Waals surface area contributed by atoms with Crippen LogP contribution in [0.25, 0.3) is 0 Å². The Bertz CT molecular complexity index is 71.1. The quantitative estimate of drug-likeness (QED) is 0.388. The zero-order valence-corrected chi connectivity index (χ0v) is 9.08. The maximum atomic E-state index is 6.13. The highest BCUT2D eigenvalue weighted by Gasteiger charge is 2.02. The summed E-state index contributed by atoms with van der Waals surface area (Å²) in [5.41, 5.74) is 0. The van der Waals surface area contributed by atoms with Gasteiger partial charge < -0.3 is 0 Å². The van der Waals surface area contributed by atoms with Gasteiger partial charge >= 0.3 is 0 Å². The van der Waals surface area contributed by atoms with Crippen molar-refractivity contribution in [2.24, 2.45) is 0 Å². The lowest BCUT2D eigenvalue weighted by Crippen LogP contribution is -1.97. The van der Waals surface area contributed by atoms with E-state index in [1.165, 1.54) is 44.9 Å². The summed E-state index contributed by atoms with van der Waals surface area (Å²) in [6, 6.07) is 0. The van der Waals surface area contributed by atoms with E-state index in [0.29, 0.717) is 5.38 Å². The molecule has 0 aromatic heterocycles. The molecular formula is C11H22Cl. The lowest BCUT2D eigenvalue weighted by atomic mass is 10.1. The minimum Gasteiger partial charge on any atom is -0.123 e. The first-order valence-corrected chi connectivity index (χ1v) is 5.68. The molecule has 0 nitrogen and oxygen atoms in total. The van der Waals surface area contributed by atoms with Crippen molar-refractivity contribution in [2.45, 2.75) is 63.7 Å². The van der Waals surface area contributed by atoms with Gasteiger partial charge in [-0.25, -0.2) is 0 Å². The zero-order chi connectivity index (χ0) is 9.23. The molecule has 0 aliphatic heterocycles. The maximum Gasteiger partial charge on any atom is 0.0336 e. The number of halogens is 1. The molecule has 0 aliphatic rings. The van der Waals surface area contributed by atoms with E-state index in [1.807, 2.05) is 0 Å². The second-order valence-corrected chi connectivity index (χ2v) is 4.06. The van der Waals surface area contributed by atoms with Crippen LogP contribution in [0.3, 0.4) is 0 Å². The number of rotatable bonds is 8. The van der Waals surface area contributed by atoms with Crippen LogP contribution < -0.4 is 0 Å². The number of alkyl halides is 1. The molecule has 0 fully saturated rings. The Kier molecular flexibility index (Phi) is 9.61. The maximum absolute atomic E-state index is 6.13. The molecule has 0 aromatic carbocycles. The first-order chi connectivity index (χ1) is 5.81. The largest absolute Gasteiger partial charge is 0.123 e. The van der Waals surface area contributed by atoms with Crippen molar-refractivity contribution in [1.82, 2.24) is 0 Å². The Hall–Kier alpha value is 0.290. The summed E-state index contributed by atoms with van der Waals surface area (Å²) in [7, 11) is 0. The molecule has 0 saturated heterocycles. The highest BCUT2D eigenvalue weighted by atomic mass is 35.5. The molecule has 0 bridgehead atoms. The van der Waals surface area contributed by atoms with Crippen molar-refractivity contribution in [1.29, 1.82) is 0 Å². The molecule has 0 saturated carbocycles. The Labute approximate surface area is 82.7 Å². The van der Waals surface area contributed by atoms with Crippen LogP contribution in [0.4, 0.5) is 0 Å². The van der Waals surface area contributed by atoms with Crippen molar-refractivity contribution >= 4 is 11.6 Å². The molecule has 0 heterocycles. The molecular weight excluding hydrogens is 168 g/mol. The van der Waals surface area contributed by atoms with Gasteiger partial charge in [-0.15, -0.1) is 11.6 Å². The minimum absolute atomic E-state index is 0.420. The van der Waals surface area contributed by atoms with E-state index in [4.69, 9.17) is 11.6 Å². The number of hydrogen-bond acceptors (Lipinski definition) is 0. The van der Waals surface area contributed by atoms with Crippen LogP contribution in [0.5, 0.6) is 0 Å². The molecule has 1 unspecified atom stereocenters. The summed E-state index contributed by atoms with van der Waals surface area (Å²) in [4.78, 5) is 0. The smallest absolute Gasteiger partial charge is 0.0336 e. The third kappa shape index (κ3) is 8.39. The molecule has 0 rings (SSSR count). The van der Waals surface area contributed by atoms with Crippen LogP contribution in [0.15, 0.2) is 0 Å². The van der Waals surface area contributed by atoms with Gasteiger partial charge in [0.2, 0.25) is 0 Å². The van der Waals surface area contributed by atoms with Crippen LogP contribution in [-0.4, -0.2) is 5.38 Å². The molecule has 0 spiro atoms. The predicted octanol–water partition coefficient (Wildman–Crippen LogP) is 4.57. The molecule has 0 N–H and O–H groups in total. The standard InChI is InChI=1S/C11H22Cl/c1-3-5-7-9-11(12)10-8-6-4-2/h11H,1,3-10H2,2H3. The summed E-state index contributed by atoms with van der Waals surface area (Å²) in [5, 5.41) is 0.420. The van der Waals surface area contributed by atoms with Gasteiger partial charge in [0.15, 0.2) is 0 Å². The molecule has 1 radical (unpaired) electrons. The van der Waals surface area contributed by atoms with E-state index in [-0.39, 0.29) is 0 Å². The Morgan fingerprint density at radius 1 is 1.08 bits per heavy atom. The Balaban J connectivity index is 3.04. The second kappa shape index (κ2) is 9.38. The van der Waals surface area contributed by atoms with Gasteiger partial charge in [-0.3, -0.25) is 0 Å². The number of unbranched alkanes of at least 4 members (excludes halogenated alkanes) is 4. The Morgan fingerprint density at radius 2 is 1.67 bits per heavy atom. The first kappa shape index (κ1) is 12.3. The topological polar surface area (TPSA) is 0 Å². The summed E-state index contributed by atoms with van der Waals surface area (Å²) in [6.07, 6.45) is 9.85. The van der Waals surface area contributed by atoms with Gasteiger partial charge in [0, 0.05) is 5.38 Å². The van der Waals surface area contributed by atoms with Crippen molar-refractivity contribution in [3.05, 3.63) is 6.92 Å². The fraction of sp³-hybridized carbons (Fsp3) is 0.909. The SMILES string of the molecule is [CH2]CCCCC(Cl)CCCCC. The highest BCUT2D eigenvalue weighted by molar-refractivity contribution is 6.20. The van der Waals surface area contributed by atoms with Crippen molar-refractivity contribution in [2.75, 3.05) is 0 Å². The average Bonchev–Trinajstić information content (AvgIpc) is 2.06. The van der Waals surface area contributed by atoms with Crippen molar-refractivity contribution < 1.29 is 0 Å². The fourth-order valence-corrected chi connectivity index (χ4v) is 1.61. The minimum atomic E-state index is 0.420. The van der Waals surface area contributed by atoms with E-state index in [9.17, 15) is 0 Å². The van der Waals surface area contributed by atoms with Gasteiger partial charge in [0.25, 0.3) is 0 Å². The average molecular weight is 190 g/mol. The fourth-order valence-electron chi connectivity index (χ4n) is 1.30. The van der Waals surface area contributed by atoms with Crippen LogP contribution in [0, 0.1) is 6.92 Å². The molecule has 12 heavy (non-hydrogen) atoms. The van der Waals surface area contributed by atoms with Gasteiger partial charge in [-0.2, -0.15) is 0 Å². The zero-order valence-electron chi connectivity index (χ0n) is 8.32. The highest BCUT2D eigenvalue weighted by Crippen LogP contribution is 2.15. The van der Waals surface area contributed by atoms with Crippen molar-refractivity contribution in [3.63, 3.8) is 0 Å². The molecule has 0 amide bonds. The summed E-state index contributed by atoms with van der Waals surface area (Å²) < 4.78 is 0. The van der Waals surface area contributed by atoms with E-state index in [1.54, 1.807) is 0 Å². The monoisotopic (exact) mass is 189 g/mol. The van der Waals surface area contributed by atoms with E-state index in [0.717, 1.165) is 6.42 Å². The van der Waals surface area contributed by atoms with Gasteiger partial charge in [0.05, 0.1) is 0 Å². The molecule has 73 valence electrons. The van der Waals surface area contributed by atoms with Crippen LogP contribution in [0.1, 0.15) is 58.3 Å². The predicted molar refractivity (Wildman–Crippen MR) is 57.6 cm³/mol. The molecule has 1 heteroatoms. The van der Waals surface area contributed by atoms with E-state index < -0.39 is 0 Å². The van der Waals surface area contributed by atoms with Gasteiger partial charge in [-0.1, -0.05) is 52.4 Å². The summed E-state index contributed by atoms with van der Waals surface area (Å²) in [5.74, 6) is 0. The van der Waals surface area contributed by atoms with Crippen LogP contribution >= 0.6 is 11.6 Å². The number of hydrogen-bond donors (Lipinski definition) is 0. The summed E-state index contributed by atoms with van der Waals surface area (Å²) >= 11 is 6.13. The molecule has 0 aromatic rings. The second-order valence-electron chi connectivity index (χ2n) is 3.44. The molecule has 1 atom stereocenters. The van der Waals surface area contributed by atoms with E-state index >= 15 is 0 Å². The lowest BCUT2D eigenvalue weighted by Gasteiger charge is -2.07. The third-order valence-electron chi connectivity index (χ3n) is 2.14. The van der Waals surface area contributed by atoms with Gasteiger partial charge in [-0.05, 0) is 12.8 Å². The first-order valence-electron chi connectivity index (χ1n) is 5.24. The van der Waals surface area contributed by atoms with Gasteiger partial charge in [0.1, 0.15) is 0 Å². The lowest BCUT2D eigenvalue weighted by molar-refractivity contribution is 0.584. The Morgan fingerprint density at radius 3 is 2.17 bits per heavy atom. The normalized spacial score (nSPS) is 11.0. The summed E-state index contributed by atoms with van der Waals surface area (Å²) in [6.45, 7) is 6.04. The third-order valence-corrected chi connectivity index (χ3v) is 2.57. The van der Waals surface area contributed by atoms with Crippen LogP contribution in [0.2, 0.25) is 0 Å².